The van der Waals surface area contributed by atoms with E-state index in [1.807, 2.05) is 18.7 Å². The smallest absolute Gasteiger partial charge is 0.143 e. The number of nitrogens with zero attached hydrogens (tertiary/aromatic N) is 5. The molecule has 1 unspecified atom stereocenters. The minimum Gasteiger partial charge on any atom is -0.409 e. The van der Waals surface area contributed by atoms with E-state index in [1.54, 1.807) is 6.33 Å². The average Bonchev–Trinajstić information content (AvgIpc) is 2.75. The first-order chi connectivity index (χ1) is 8.45. The lowest BCUT2D eigenvalue weighted by Gasteiger charge is -2.20. The van der Waals surface area contributed by atoms with Gasteiger partial charge in [-0.3, -0.25) is 4.90 Å². The number of hydrogen-bond acceptors (Lipinski definition) is 5. The summed E-state index contributed by atoms with van der Waals surface area (Å²) in [6.45, 7) is 7.43. The molecule has 0 radical (unpaired) electrons. The Morgan fingerprint density at radius 3 is 2.78 bits per heavy atom. The normalized spacial score (nSPS) is 14.4. The molecule has 7 nitrogen and oxygen atoms in total. The number of oxime groups is 1. The first-order valence-corrected chi connectivity index (χ1v) is 6.00. The van der Waals surface area contributed by atoms with E-state index in [9.17, 15) is 0 Å². The van der Waals surface area contributed by atoms with Gasteiger partial charge in [0.25, 0.3) is 0 Å². The van der Waals surface area contributed by atoms with Crippen molar-refractivity contribution >= 4 is 5.84 Å². The average molecular weight is 254 g/mol. The van der Waals surface area contributed by atoms with Crippen LogP contribution in [-0.4, -0.2) is 44.3 Å². The zero-order valence-corrected chi connectivity index (χ0v) is 11.4. The maximum Gasteiger partial charge on any atom is 0.143 e. The molecule has 7 heteroatoms. The van der Waals surface area contributed by atoms with E-state index in [0.29, 0.717) is 13.1 Å². The third-order valence-electron chi connectivity index (χ3n) is 2.75. The van der Waals surface area contributed by atoms with Gasteiger partial charge in [0.05, 0.1) is 6.54 Å². The maximum absolute atomic E-state index is 8.61. The van der Waals surface area contributed by atoms with Gasteiger partial charge in [-0.25, -0.2) is 9.67 Å². The Morgan fingerprint density at radius 1 is 1.56 bits per heavy atom. The summed E-state index contributed by atoms with van der Waals surface area (Å²) in [5, 5.41) is 15.8. The number of amidine groups is 1. The second-order valence-corrected chi connectivity index (χ2v) is 4.84. The van der Waals surface area contributed by atoms with Gasteiger partial charge in [0.1, 0.15) is 18.0 Å². The summed E-state index contributed by atoms with van der Waals surface area (Å²) < 4.78 is 1.89. The van der Waals surface area contributed by atoms with Crippen LogP contribution in [0.1, 0.15) is 32.6 Å². The molecule has 0 aliphatic carbocycles. The van der Waals surface area contributed by atoms with Crippen molar-refractivity contribution in [3.63, 3.8) is 0 Å². The molecule has 0 amide bonds. The topological polar surface area (TPSA) is 92.6 Å². The minimum atomic E-state index is -0.00424. The Labute approximate surface area is 107 Å². The van der Waals surface area contributed by atoms with Crippen molar-refractivity contribution in [1.82, 2.24) is 19.7 Å². The van der Waals surface area contributed by atoms with Gasteiger partial charge in [-0.15, -0.1) is 0 Å². The molecule has 0 aliphatic heterocycles. The molecule has 1 atom stereocenters. The van der Waals surface area contributed by atoms with Crippen molar-refractivity contribution in [3.05, 3.63) is 12.2 Å². The number of rotatable bonds is 6. The second kappa shape index (κ2) is 6.34. The fraction of sp³-hybridized carbons (Fsp3) is 0.727. The summed E-state index contributed by atoms with van der Waals surface area (Å²) in [4.78, 5) is 6.32. The van der Waals surface area contributed by atoms with E-state index in [-0.39, 0.29) is 17.8 Å². The van der Waals surface area contributed by atoms with E-state index < -0.39 is 0 Å². The van der Waals surface area contributed by atoms with Crippen LogP contribution in [0.3, 0.4) is 0 Å². The third-order valence-corrected chi connectivity index (χ3v) is 2.75. The first kappa shape index (κ1) is 14.4. The number of aromatic nitrogens is 3. The van der Waals surface area contributed by atoms with Gasteiger partial charge in [0, 0.05) is 18.5 Å². The minimum absolute atomic E-state index is 0.00424. The lowest BCUT2D eigenvalue weighted by Crippen LogP contribution is -2.33. The zero-order chi connectivity index (χ0) is 13.7. The van der Waals surface area contributed by atoms with E-state index in [0.717, 1.165) is 5.82 Å². The molecule has 0 bridgehead atoms. The van der Waals surface area contributed by atoms with Crippen molar-refractivity contribution in [2.45, 2.75) is 33.4 Å². The van der Waals surface area contributed by atoms with Crippen molar-refractivity contribution in [1.29, 1.82) is 0 Å². The molecule has 0 aromatic carbocycles. The molecule has 1 aromatic rings. The van der Waals surface area contributed by atoms with E-state index in [4.69, 9.17) is 10.9 Å². The molecule has 0 fully saturated rings. The standard InChI is InChI=1S/C11H22N6O/c1-8(2)17-10(13-7-14-17)6-16(4)5-9(3)11(12)15-18/h7-9,18H,5-6H2,1-4H3,(H2,12,15). The summed E-state index contributed by atoms with van der Waals surface area (Å²) >= 11 is 0. The van der Waals surface area contributed by atoms with Crippen molar-refractivity contribution in [2.24, 2.45) is 16.8 Å². The molecule has 1 aromatic heterocycles. The molecule has 0 spiro atoms. The van der Waals surface area contributed by atoms with Gasteiger partial charge in [-0.1, -0.05) is 12.1 Å². The molecule has 102 valence electrons. The molecule has 0 aliphatic rings. The van der Waals surface area contributed by atoms with Crippen molar-refractivity contribution in [3.8, 4) is 0 Å². The molecular formula is C11H22N6O. The zero-order valence-electron chi connectivity index (χ0n) is 11.4. The summed E-state index contributed by atoms with van der Waals surface area (Å²) in [6.07, 6.45) is 1.57. The fourth-order valence-electron chi connectivity index (χ4n) is 1.78. The highest BCUT2D eigenvalue weighted by Crippen LogP contribution is 2.08. The monoisotopic (exact) mass is 254 g/mol. The van der Waals surface area contributed by atoms with E-state index in [1.165, 1.54) is 0 Å². The van der Waals surface area contributed by atoms with Crippen LogP contribution in [0, 0.1) is 5.92 Å². The van der Waals surface area contributed by atoms with E-state index >= 15 is 0 Å². The maximum atomic E-state index is 8.61. The van der Waals surface area contributed by atoms with E-state index in [2.05, 4.69) is 34.0 Å². The lowest BCUT2D eigenvalue weighted by molar-refractivity contribution is 0.279. The Morgan fingerprint density at radius 2 is 2.22 bits per heavy atom. The largest absolute Gasteiger partial charge is 0.409 e. The van der Waals surface area contributed by atoms with Gasteiger partial charge < -0.3 is 10.9 Å². The molecule has 3 N–H and O–H groups in total. The second-order valence-electron chi connectivity index (χ2n) is 4.84. The lowest BCUT2D eigenvalue weighted by atomic mass is 10.1. The molecule has 18 heavy (non-hydrogen) atoms. The molecule has 1 heterocycles. The molecule has 1 rings (SSSR count). The van der Waals surface area contributed by atoms with Crippen LogP contribution in [0.15, 0.2) is 11.5 Å². The Hall–Kier alpha value is -1.63. The van der Waals surface area contributed by atoms with Crippen LogP contribution >= 0.6 is 0 Å². The summed E-state index contributed by atoms with van der Waals surface area (Å²) in [6, 6.07) is 0.289. The van der Waals surface area contributed by atoms with Crippen LogP contribution < -0.4 is 5.73 Å². The summed E-state index contributed by atoms with van der Waals surface area (Å²) in [7, 11) is 1.97. The van der Waals surface area contributed by atoms with Crippen LogP contribution in [0.2, 0.25) is 0 Å². The predicted molar refractivity (Wildman–Crippen MR) is 69.3 cm³/mol. The molecular weight excluding hydrogens is 232 g/mol. The van der Waals surface area contributed by atoms with Gasteiger partial charge >= 0.3 is 0 Å². The highest BCUT2D eigenvalue weighted by molar-refractivity contribution is 5.82. The summed E-state index contributed by atoms with van der Waals surface area (Å²) in [5.41, 5.74) is 5.56. The highest BCUT2D eigenvalue weighted by Gasteiger charge is 2.14. The van der Waals surface area contributed by atoms with Gasteiger partial charge in [-0.05, 0) is 20.9 Å². The van der Waals surface area contributed by atoms with Crippen molar-refractivity contribution in [2.75, 3.05) is 13.6 Å². The Bertz CT molecular complexity index is 400. The predicted octanol–water partition coefficient (Wildman–Crippen LogP) is 0.673. The van der Waals surface area contributed by atoms with Crippen molar-refractivity contribution < 1.29 is 5.21 Å². The van der Waals surface area contributed by atoms with Gasteiger partial charge in [0.2, 0.25) is 0 Å². The quantitative estimate of drug-likeness (QED) is 0.337. The molecule has 0 saturated heterocycles. The molecule has 0 saturated carbocycles. The van der Waals surface area contributed by atoms with Crippen LogP contribution in [0.5, 0.6) is 0 Å². The highest BCUT2D eigenvalue weighted by atomic mass is 16.4. The fourth-order valence-corrected chi connectivity index (χ4v) is 1.78. The Balaban J connectivity index is 2.59. The van der Waals surface area contributed by atoms with Gasteiger partial charge in [0.15, 0.2) is 0 Å². The van der Waals surface area contributed by atoms with Crippen LogP contribution in [-0.2, 0) is 6.54 Å². The number of nitrogens with two attached hydrogens (primary N) is 1. The Kier molecular flexibility index (Phi) is 5.08. The SMILES string of the molecule is CC(CN(C)Cc1ncnn1C(C)C)C(N)=NO. The van der Waals surface area contributed by atoms with Crippen LogP contribution in [0.25, 0.3) is 0 Å². The number of hydrogen-bond donors (Lipinski definition) is 2. The van der Waals surface area contributed by atoms with Gasteiger partial charge in [-0.2, -0.15) is 5.10 Å². The summed E-state index contributed by atoms with van der Waals surface area (Å²) in [5.74, 6) is 1.15. The first-order valence-electron chi connectivity index (χ1n) is 6.00. The van der Waals surface area contributed by atoms with Crippen LogP contribution in [0.4, 0.5) is 0 Å². The third kappa shape index (κ3) is 3.69.